The molecule has 2 atom stereocenters. The van der Waals surface area contributed by atoms with Gasteiger partial charge < -0.3 is 16.2 Å². The summed E-state index contributed by atoms with van der Waals surface area (Å²) in [5.74, 6) is -0.206. The van der Waals surface area contributed by atoms with Crippen LogP contribution in [0.2, 0.25) is 0 Å². The highest BCUT2D eigenvalue weighted by Gasteiger charge is 2.19. The first-order valence-electron chi connectivity index (χ1n) is 3.71. The third-order valence-corrected chi connectivity index (χ3v) is 1.61. The minimum absolute atomic E-state index is 0.206. The van der Waals surface area contributed by atoms with Crippen LogP contribution in [0, 0.1) is 0 Å². The zero-order valence-electron chi connectivity index (χ0n) is 6.82. The van der Waals surface area contributed by atoms with Crippen molar-refractivity contribution in [2.75, 3.05) is 0 Å². The van der Waals surface area contributed by atoms with E-state index in [9.17, 15) is 9.90 Å². The fourth-order valence-corrected chi connectivity index (χ4v) is 1.02. The molecule has 66 valence electrons. The van der Waals surface area contributed by atoms with Crippen molar-refractivity contribution < 1.29 is 9.90 Å². The van der Waals surface area contributed by atoms with Crippen molar-refractivity contribution in [2.24, 2.45) is 5.73 Å². The predicted octanol–water partition coefficient (Wildman–Crippen LogP) is -0.736. The van der Waals surface area contributed by atoms with E-state index in [4.69, 9.17) is 5.73 Å². The molecule has 0 spiro atoms. The van der Waals surface area contributed by atoms with Crippen LogP contribution in [-0.4, -0.2) is 23.2 Å². The first-order chi connectivity index (χ1) is 5.61. The van der Waals surface area contributed by atoms with Crippen molar-refractivity contribution in [3.63, 3.8) is 0 Å². The largest absolute Gasteiger partial charge is 0.385 e. The molecular formula is C8H12N2O2. The highest BCUT2D eigenvalue weighted by molar-refractivity contribution is 5.75. The van der Waals surface area contributed by atoms with Crippen molar-refractivity contribution in [1.82, 2.24) is 5.32 Å². The topological polar surface area (TPSA) is 75.4 Å². The molecule has 0 aromatic heterocycles. The lowest BCUT2D eigenvalue weighted by molar-refractivity contribution is -0.118. The van der Waals surface area contributed by atoms with Crippen LogP contribution in [-0.2, 0) is 4.79 Å². The molecule has 12 heavy (non-hydrogen) atoms. The molecule has 1 aliphatic carbocycles. The lowest BCUT2D eigenvalue weighted by atomic mass is 10.0. The Hall–Kier alpha value is -1.13. The molecule has 0 aromatic carbocycles. The molecule has 0 heterocycles. The lowest BCUT2D eigenvalue weighted by Crippen LogP contribution is -2.41. The average Bonchev–Trinajstić information content (AvgIpc) is 1.98. The van der Waals surface area contributed by atoms with Gasteiger partial charge in [-0.2, -0.15) is 0 Å². The second-order valence-electron chi connectivity index (χ2n) is 2.71. The fourth-order valence-electron chi connectivity index (χ4n) is 1.02. The van der Waals surface area contributed by atoms with Gasteiger partial charge in [0.1, 0.15) is 6.10 Å². The Balaban J connectivity index is 2.69. The Morgan fingerprint density at radius 1 is 1.75 bits per heavy atom. The Morgan fingerprint density at radius 3 is 3.00 bits per heavy atom. The molecule has 1 aliphatic rings. The molecule has 2 unspecified atom stereocenters. The molecule has 0 radical (unpaired) electrons. The molecule has 1 rings (SSSR count). The quantitative estimate of drug-likeness (QED) is 0.483. The monoisotopic (exact) mass is 168 g/mol. The van der Waals surface area contributed by atoms with Gasteiger partial charge in [0.25, 0.3) is 0 Å². The third-order valence-electron chi connectivity index (χ3n) is 1.61. The maximum absolute atomic E-state index is 10.6. The van der Waals surface area contributed by atoms with E-state index < -0.39 is 12.1 Å². The number of carbonyl (C=O) groups excluding carboxylic acids is 1. The number of aliphatic hydroxyl groups is 1. The van der Waals surface area contributed by atoms with Crippen molar-refractivity contribution in [3.8, 4) is 0 Å². The van der Waals surface area contributed by atoms with Crippen LogP contribution in [0.4, 0.5) is 0 Å². The van der Waals surface area contributed by atoms with Gasteiger partial charge in [-0.25, -0.2) is 0 Å². The summed E-state index contributed by atoms with van der Waals surface area (Å²) >= 11 is 0. The number of amides is 1. The minimum Gasteiger partial charge on any atom is -0.385 e. The molecule has 0 aromatic rings. The fraction of sp³-hybridized carbons (Fsp3) is 0.375. The molecular weight excluding hydrogens is 156 g/mol. The van der Waals surface area contributed by atoms with Crippen LogP contribution in [0.3, 0.4) is 0 Å². The summed E-state index contributed by atoms with van der Waals surface area (Å²) in [5.41, 5.74) is 5.97. The van der Waals surface area contributed by atoms with Crippen LogP contribution in [0.1, 0.15) is 6.92 Å². The van der Waals surface area contributed by atoms with Gasteiger partial charge in [0, 0.05) is 12.6 Å². The van der Waals surface area contributed by atoms with Gasteiger partial charge in [-0.1, -0.05) is 12.2 Å². The number of hydrogen-bond acceptors (Lipinski definition) is 3. The van der Waals surface area contributed by atoms with Crippen LogP contribution < -0.4 is 11.1 Å². The molecule has 0 saturated carbocycles. The van der Waals surface area contributed by atoms with E-state index in [-0.39, 0.29) is 5.91 Å². The number of aliphatic hydroxyl groups excluding tert-OH is 1. The van der Waals surface area contributed by atoms with Gasteiger partial charge in [0.05, 0.1) is 6.04 Å². The molecule has 0 saturated heterocycles. The highest BCUT2D eigenvalue weighted by Crippen LogP contribution is 2.08. The molecule has 4 heteroatoms. The normalized spacial score (nSPS) is 28.1. The first-order valence-corrected chi connectivity index (χ1v) is 3.71. The Morgan fingerprint density at radius 2 is 2.42 bits per heavy atom. The van der Waals surface area contributed by atoms with Gasteiger partial charge in [-0.3, -0.25) is 4.79 Å². The Labute approximate surface area is 70.8 Å². The third kappa shape index (κ3) is 1.93. The SMILES string of the molecule is CC(=O)NC1=CC=CC(N)C1O. The minimum atomic E-state index is -0.807. The Bertz CT molecular complexity index is 245. The maximum atomic E-state index is 10.6. The summed E-state index contributed by atoms with van der Waals surface area (Å²) in [6.45, 7) is 1.39. The average molecular weight is 168 g/mol. The number of nitrogens with one attached hydrogen (secondary N) is 1. The Kier molecular flexibility index (Phi) is 2.62. The molecule has 0 fully saturated rings. The van der Waals surface area contributed by atoms with E-state index in [1.54, 1.807) is 18.2 Å². The van der Waals surface area contributed by atoms with Gasteiger partial charge in [0.2, 0.25) is 5.91 Å². The summed E-state index contributed by atoms with van der Waals surface area (Å²) in [6, 6.07) is -0.433. The summed E-state index contributed by atoms with van der Waals surface area (Å²) in [6.07, 6.45) is 4.22. The number of carbonyl (C=O) groups is 1. The van der Waals surface area contributed by atoms with Gasteiger partial charge in [0.15, 0.2) is 0 Å². The van der Waals surface area contributed by atoms with E-state index in [2.05, 4.69) is 5.32 Å². The van der Waals surface area contributed by atoms with Gasteiger partial charge in [-0.05, 0) is 6.08 Å². The zero-order chi connectivity index (χ0) is 9.14. The van der Waals surface area contributed by atoms with Crippen molar-refractivity contribution >= 4 is 5.91 Å². The van der Waals surface area contributed by atoms with Crippen molar-refractivity contribution in [3.05, 3.63) is 23.9 Å². The highest BCUT2D eigenvalue weighted by atomic mass is 16.3. The van der Waals surface area contributed by atoms with Crippen molar-refractivity contribution in [2.45, 2.75) is 19.1 Å². The number of hydrogen-bond donors (Lipinski definition) is 3. The standard InChI is InChI=1S/C8H12N2O2/c1-5(11)10-7-4-2-3-6(9)8(7)12/h2-4,6,8,12H,9H2,1H3,(H,10,11). The van der Waals surface area contributed by atoms with Crippen LogP contribution in [0.15, 0.2) is 23.9 Å². The summed E-state index contributed by atoms with van der Waals surface area (Å²) < 4.78 is 0. The molecule has 4 nitrogen and oxygen atoms in total. The number of nitrogens with two attached hydrogens (primary N) is 1. The van der Waals surface area contributed by atoms with E-state index in [0.29, 0.717) is 5.70 Å². The molecule has 0 bridgehead atoms. The van der Waals surface area contributed by atoms with Crippen LogP contribution in [0.25, 0.3) is 0 Å². The zero-order valence-corrected chi connectivity index (χ0v) is 6.82. The number of rotatable bonds is 1. The number of allylic oxidation sites excluding steroid dienone is 2. The first kappa shape index (κ1) is 8.96. The van der Waals surface area contributed by atoms with Gasteiger partial charge >= 0.3 is 0 Å². The van der Waals surface area contributed by atoms with Crippen LogP contribution >= 0.6 is 0 Å². The predicted molar refractivity (Wildman–Crippen MR) is 45.0 cm³/mol. The van der Waals surface area contributed by atoms with Crippen LogP contribution in [0.5, 0.6) is 0 Å². The van der Waals surface area contributed by atoms with E-state index in [1.165, 1.54) is 6.92 Å². The van der Waals surface area contributed by atoms with E-state index >= 15 is 0 Å². The second-order valence-corrected chi connectivity index (χ2v) is 2.71. The molecule has 0 aliphatic heterocycles. The summed E-state index contributed by atoms with van der Waals surface area (Å²) in [7, 11) is 0. The molecule has 4 N–H and O–H groups in total. The smallest absolute Gasteiger partial charge is 0.221 e. The summed E-state index contributed by atoms with van der Waals surface area (Å²) in [5, 5.41) is 11.9. The maximum Gasteiger partial charge on any atom is 0.221 e. The lowest BCUT2D eigenvalue weighted by Gasteiger charge is -2.21. The second kappa shape index (κ2) is 3.51. The molecule has 1 amide bonds. The van der Waals surface area contributed by atoms with Gasteiger partial charge in [-0.15, -0.1) is 0 Å². The van der Waals surface area contributed by atoms with E-state index in [0.717, 1.165) is 0 Å². The summed E-state index contributed by atoms with van der Waals surface area (Å²) in [4.78, 5) is 10.6. The van der Waals surface area contributed by atoms with Crippen molar-refractivity contribution in [1.29, 1.82) is 0 Å². The van der Waals surface area contributed by atoms with E-state index in [1.807, 2.05) is 0 Å².